The van der Waals surface area contributed by atoms with Crippen molar-refractivity contribution in [3.05, 3.63) is 23.3 Å². The highest BCUT2D eigenvalue weighted by molar-refractivity contribution is 7.90. The molecule has 1 aromatic carbocycles. The maximum atomic E-state index is 14.8. The van der Waals surface area contributed by atoms with Crippen LogP contribution in [-0.2, 0) is 19.4 Å². The third-order valence-electron chi connectivity index (χ3n) is 5.79. The zero-order chi connectivity index (χ0) is 24.3. The van der Waals surface area contributed by atoms with Gasteiger partial charge in [-0.15, -0.1) is 0 Å². The monoisotopic (exact) mass is 487 g/mol. The summed E-state index contributed by atoms with van der Waals surface area (Å²) in [6.07, 6.45) is 2.67. The topological polar surface area (TPSA) is 88.5 Å². The maximum Gasteiger partial charge on any atom is 0.410 e. The van der Waals surface area contributed by atoms with Crippen molar-refractivity contribution < 1.29 is 31.6 Å². The predicted octanol–water partition coefficient (Wildman–Crippen LogP) is 3.66. The Labute approximate surface area is 193 Å². The molecule has 11 heteroatoms. The first-order valence-electron chi connectivity index (χ1n) is 11.1. The number of rotatable bonds is 5. The first-order chi connectivity index (χ1) is 15.5. The summed E-state index contributed by atoms with van der Waals surface area (Å²) in [5.74, 6) is -1.67. The van der Waals surface area contributed by atoms with Crippen LogP contribution in [0.25, 0.3) is 0 Å². The molecular weight excluding hydrogens is 456 g/mol. The Balaban J connectivity index is 1.54. The van der Waals surface area contributed by atoms with Crippen molar-refractivity contribution in [3.8, 4) is 0 Å². The summed E-state index contributed by atoms with van der Waals surface area (Å²) in [7, 11) is -3.87. The van der Waals surface area contributed by atoms with E-state index in [9.17, 15) is 22.0 Å². The van der Waals surface area contributed by atoms with E-state index in [-0.39, 0.29) is 29.6 Å². The Kier molecular flexibility index (Phi) is 7.81. The van der Waals surface area contributed by atoms with Gasteiger partial charge in [0, 0.05) is 69.7 Å². The Morgan fingerprint density at radius 3 is 2.30 bits per heavy atom. The van der Waals surface area contributed by atoms with Crippen LogP contribution in [0.4, 0.5) is 19.3 Å². The largest absolute Gasteiger partial charge is 0.447 e. The molecule has 0 N–H and O–H groups in total. The second kappa shape index (κ2) is 10.2. The summed E-state index contributed by atoms with van der Waals surface area (Å²) in [6, 6.07) is 0.954. The SMILES string of the molecule is Cc1c(F)c(N2CCC(=NOC3CCN(C(=O)OC(C)C)CC3)CC2)cc(F)c1S(C)(=O)=O. The van der Waals surface area contributed by atoms with Crippen molar-refractivity contribution in [2.45, 2.75) is 63.6 Å². The summed E-state index contributed by atoms with van der Waals surface area (Å²) in [6.45, 7) is 6.81. The van der Waals surface area contributed by atoms with Gasteiger partial charge >= 0.3 is 6.09 Å². The van der Waals surface area contributed by atoms with Crippen LogP contribution in [0.2, 0.25) is 0 Å². The van der Waals surface area contributed by atoms with Gasteiger partial charge in [-0.3, -0.25) is 0 Å². The summed E-state index contributed by atoms with van der Waals surface area (Å²) in [5, 5.41) is 4.27. The molecule has 2 saturated heterocycles. The van der Waals surface area contributed by atoms with E-state index in [0.717, 1.165) is 18.0 Å². The van der Waals surface area contributed by atoms with Gasteiger partial charge in [-0.1, -0.05) is 5.16 Å². The van der Waals surface area contributed by atoms with Crippen molar-refractivity contribution in [2.75, 3.05) is 37.3 Å². The van der Waals surface area contributed by atoms with E-state index < -0.39 is 26.4 Å². The molecule has 0 aliphatic carbocycles. The number of halogens is 2. The molecule has 0 bridgehead atoms. The van der Waals surface area contributed by atoms with Gasteiger partial charge < -0.3 is 19.4 Å². The van der Waals surface area contributed by atoms with Crippen LogP contribution in [0.5, 0.6) is 0 Å². The highest BCUT2D eigenvalue weighted by atomic mass is 32.2. The van der Waals surface area contributed by atoms with Crippen LogP contribution in [0.15, 0.2) is 16.1 Å². The van der Waals surface area contributed by atoms with Gasteiger partial charge in [-0.05, 0) is 20.8 Å². The second-order valence-electron chi connectivity index (χ2n) is 8.79. The lowest BCUT2D eigenvalue weighted by molar-refractivity contribution is 0.00415. The van der Waals surface area contributed by atoms with E-state index in [1.165, 1.54) is 6.92 Å². The lowest BCUT2D eigenvalue weighted by Crippen LogP contribution is -2.41. The minimum Gasteiger partial charge on any atom is -0.447 e. The van der Waals surface area contributed by atoms with Crippen LogP contribution >= 0.6 is 0 Å². The molecule has 184 valence electrons. The van der Waals surface area contributed by atoms with E-state index in [0.29, 0.717) is 51.9 Å². The quantitative estimate of drug-likeness (QED) is 0.589. The molecular formula is C22H31F2N3O5S. The summed E-state index contributed by atoms with van der Waals surface area (Å²) >= 11 is 0. The predicted molar refractivity (Wildman–Crippen MR) is 120 cm³/mol. The van der Waals surface area contributed by atoms with Gasteiger partial charge in [0.15, 0.2) is 15.7 Å². The lowest BCUT2D eigenvalue weighted by Gasteiger charge is -2.32. The highest BCUT2D eigenvalue weighted by Gasteiger charge is 2.28. The van der Waals surface area contributed by atoms with Crippen molar-refractivity contribution in [2.24, 2.45) is 5.16 Å². The minimum absolute atomic E-state index is 0.0537. The molecule has 0 saturated carbocycles. The Morgan fingerprint density at radius 2 is 1.76 bits per heavy atom. The molecule has 2 aliphatic rings. The first-order valence-corrected chi connectivity index (χ1v) is 13.0. The molecule has 0 unspecified atom stereocenters. The zero-order valence-electron chi connectivity index (χ0n) is 19.4. The molecule has 2 heterocycles. The van der Waals surface area contributed by atoms with Gasteiger partial charge in [-0.2, -0.15) is 0 Å². The molecule has 0 radical (unpaired) electrons. The number of nitrogens with zero attached hydrogens (tertiary/aromatic N) is 3. The standard InChI is InChI=1S/C22H31F2N3O5S/c1-14(2)31-22(28)27-11-7-17(8-12-27)32-25-16-5-9-26(10-6-16)19-13-18(23)21(33(4,29)30)15(3)20(19)24/h13-14,17H,5-12H2,1-4H3. The number of hydrogen-bond acceptors (Lipinski definition) is 7. The number of likely N-dealkylation sites (tertiary alicyclic amines) is 1. The number of carbonyl (C=O) groups is 1. The Bertz CT molecular complexity index is 1010. The highest BCUT2D eigenvalue weighted by Crippen LogP contribution is 2.31. The maximum absolute atomic E-state index is 14.8. The summed E-state index contributed by atoms with van der Waals surface area (Å²) < 4.78 is 58.0. The average molecular weight is 488 g/mol. The Morgan fingerprint density at radius 1 is 1.15 bits per heavy atom. The van der Waals surface area contributed by atoms with E-state index >= 15 is 0 Å². The number of amides is 1. The van der Waals surface area contributed by atoms with Gasteiger partial charge in [0.2, 0.25) is 0 Å². The first kappa shape index (κ1) is 25.2. The molecule has 2 fully saturated rings. The van der Waals surface area contributed by atoms with E-state index in [1.54, 1.807) is 9.80 Å². The number of hydrogen-bond donors (Lipinski definition) is 0. The van der Waals surface area contributed by atoms with Gasteiger partial charge in [0.25, 0.3) is 0 Å². The van der Waals surface area contributed by atoms with Crippen LogP contribution in [0.3, 0.4) is 0 Å². The van der Waals surface area contributed by atoms with Crippen molar-refractivity contribution in [1.29, 1.82) is 0 Å². The van der Waals surface area contributed by atoms with E-state index in [1.807, 2.05) is 13.8 Å². The number of anilines is 1. The van der Waals surface area contributed by atoms with Gasteiger partial charge in [-0.25, -0.2) is 22.0 Å². The molecule has 8 nitrogen and oxygen atoms in total. The van der Waals surface area contributed by atoms with Crippen molar-refractivity contribution in [1.82, 2.24) is 4.90 Å². The van der Waals surface area contributed by atoms with Crippen molar-refractivity contribution >= 4 is 27.3 Å². The lowest BCUT2D eigenvalue weighted by atomic mass is 10.1. The number of piperidine rings is 2. The number of oxime groups is 1. The normalized spacial score (nSPS) is 18.0. The van der Waals surface area contributed by atoms with Gasteiger partial charge in [0.05, 0.1) is 17.5 Å². The average Bonchev–Trinajstić information content (AvgIpc) is 2.74. The smallest absolute Gasteiger partial charge is 0.410 e. The number of benzene rings is 1. The fourth-order valence-corrected chi connectivity index (χ4v) is 5.13. The number of ether oxygens (including phenoxy) is 1. The minimum atomic E-state index is -3.87. The molecule has 0 aromatic heterocycles. The van der Waals surface area contributed by atoms with E-state index in [4.69, 9.17) is 9.57 Å². The fraction of sp³-hybridized carbons (Fsp3) is 0.636. The second-order valence-corrected chi connectivity index (χ2v) is 10.7. The molecule has 1 aromatic rings. The molecule has 33 heavy (non-hydrogen) atoms. The number of sulfone groups is 1. The van der Waals surface area contributed by atoms with Crippen LogP contribution in [0, 0.1) is 18.6 Å². The summed E-state index contributed by atoms with van der Waals surface area (Å²) in [4.78, 5) is 20.4. The van der Waals surface area contributed by atoms with Crippen LogP contribution in [0.1, 0.15) is 45.1 Å². The van der Waals surface area contributed by atoms with Crippen LogP contribution in [-0.4, -0.2) is 69.8 Å². The molecule has 1 amide bonds. The molecule has 0 spiro atoms. The van der Waals surface area contributed by atoms with Gasteiger partial charge in [0.1, 0.15) is 16.8 Å². The molecule has 0 atom stereocenters. The third-order valence-corrected chi connectivity index (χ3v) is 7.04. The molecule has 3 rings (SSSR count). The fourth-order valence-electron chi connectivity index (χ4n) is 4.07. The van der Waals surface area contributed by atoms with E-state index in [2.05, 4.69) is 5.16 Å². The third kappa shape index (κ3) is 6.13. The summed E-state index contributed by atoms with van der Waals surface area (Å²) in [5.41, 5.74) is 0.676. The molecule has 2 aliphatic heterocycles. The van der Waals surface area contributed by atoms with Crippen LogP contribution < -0.4 is 4.90 Å². The van der Waals surface area contributed by atoms with Crippen molar-refractivity contribution in [3.63, 3.8) is 0 Å². The number of carbonyl (C=O) groups excluding carboxylic acids is 1. The zero-order valence-corrected chi connectivity index (χ0v) is 20.3. The Hall–Kier alpha value is -2.43.